The molecular formula is C28H23Cl2NO8. The molecule has 1 heterocycles. The molecule has 9 nitrogen and oxygen atoms in total. The van der Waals surface area contributed by atoms with E-state index < -0.39 is 30.2 Å². The quantitative estimate of drug-likeness (QED) is 0.200. The standard InChI is InChI=1S/C28H23Cl2NO8/c1-36-20-8-10-23(25(13-20)37-2)31-14-17(11-26(31)33)27(34)38-15-24(32)16-3-6-19(7-4-16)39-28(35)21-9-5-18(29)12-22(21)30/h3-10,12-13,17H,11,14-15H2,1-2H3/t17-/m0/s1. The number of ether oxygens (including phenoxy) is 4. The lowest BCUT2D eigenvalue weighted by Crippen LogP contribution is -2.27. The number of halogens is 2. The maximum absolute atomic E-state index is 12.6. The number of anilines is 1. The summed E-state index contributed by atoms with van der Waals surface area (Å²) in [4.78, 5) is 51.6. The molecule has 0 saturated carbocycles. The van der Waals surface area contributed by atoms with E-state index in [0.717, 1.165) is 0 Å². The van der Waals surface area contributed by atoms with Gasteiger partial charge in [-0.3, -0.25) is 14.4 Å². The number of nitrogens with zero attached hydrogens (tertiary/aromatic N) is 1. The Kier molecular flexibility index (Phi) is 8.73. The number of rotatable bonds is 9. The minimum atomic E-state index is -0.737. The van der Waals surface area contributed by atoms with Gasteiger partial charge >= 0.3 is 11.9 Å². The molecule has 1 aliphatic rings. The number of hydrogen-bond acceptors (Lipinski definition) is 8. The molecule has 1 atom stereocenters. The summed E-state index contributed by atoms with van der Waals surface area (Å²) in [5.74, 6) is -1.62. The smallest absolute Gasteiger partial charge is 0.345 e. The Labute approximate surface area is 234 Å². The van der Waals surface area contributed by atoms with Crippen molar-refractivity contribution in [3.05, 3.63) is 81.8 Å². The lowest BCUT2D eigenvalue weighted by atomic mass is 10.1. The molecule has 1 saturated heterocycles. The first-order valence-corrected chi connectivity index (χ1v) is 12.4. The van der Waals surface area contributed by atoms with Crippen LogP contribution in [0.3, 0.4) is 0 Å². The number of amides is 1. The summed E-state index contributed by atoms with van der Waals surface area (Å²) in [6.07, 6.45) is -0.0556. The van der Waals surface area contributed by atoms with E-state index in [-0.39, 0.29) is 40.8 Å². The van der Waals surface area contributed by atoms with Crippen molar-refractivity contribution >= 4 is 52.5 Å². The zero-order valence-electron chi connectivity index (χ0n) is 20.9. The van der Waals surface area contributed by atoms with Crippen molar-refractivity contribution in [3.63, 3.8) is 0 Å². The molecule has 0 aromatic heterocycles. The monoisotopic (exact) mass is 571 g/mol. The van der Waals surface area contributed by atoms with Crippen LogP contribution in [0.1, 0.15) is 27.1 Å². The normalized spacial score (nSPS) is 14.6. The van der Waals surface area contributed by atoms with Crippen LogP contribution in [0.4, 0.5) is 5.69 Å². The largest absolute Gasteiger partial charge is 0.497 e. The first kappa shape index (κ1) is 27.9. The fourth-order valence-corrected chi connectivity index (χ4v) is 4.46. The van der Waals surface area contributed by atoms with E-state index in [2.05, 4.69) is 0 Å². The Morgan fingerprint density at radius 3 is 2.31 bits per heavy atom. The molecule has 202 valence electrons. The predicted octanol–water partition coefficient (Wildman–Crippen LogP) is 5.01. The van der Waals surface area contributed by atoms with Gasteiger partial charge in [0, 0.05) is 29.6 Å². The van der Waals surface area contributed by atoms with Gasteiger partial charge in [-0.25, -0.2) is 4.79 Å². The molecule has 4 rings (SSSR count). The van der Waals surface area contributed by atoms with Gasteiger partial charge in [-0.05, 0) is 54.6 Å². The van der Waals surface area contributed by atoms with Crippen LogP contribution in [0.25, 0.3) is 0 Å². The number of hydrogen-bond donors (Lipinski definition) is 0. The maximum atomic E-state index is 12.6. The van der Waals surface area contributed by atoms with Gasteiger partial charge in [-0.15, -0.1) is 0 Å². The van der Waals surface area contributed by atoms with Crippen molar-refractivity contribution in [2.75, 3.05) is 32.3 Å². The molecule has 0 bridgehead atoms. The Bertz CT molecular complexity index is 1420. The molecule has 1 amide bonds. The first-order chi connectivity index (χ1) is 18.7. The molecule has 39 heavy (non-hydrogen) atoms. The van der Waals surface area contributed by atoms with Crippen LogP contribution < -0.4 is 19.1 Å². The van der Waals surface area contributed by atoms with Crippen LogP contribution in [-0.2, 0) is 14.3 Å². The molecule has 0 aliphatic carbocycles. The average molecular weight is 572 g/mol. The summed E-state index contributed by atoms with van der Waals surface area (Å²) in [7, 11) is 2.99. The third-order valence-electron chi connectivity index (χ3n) is 6.02. The Morgan fingerprint density at radius 1 is 0.923 bits per heavy atom. The van der Waals surface area contributed by atoms with E-state index in [9.17, 15) is 19.2 Å². The van der Waals surface area contributed by atoms with Crippen LogP contribution in [0, 0.1) is 5.92 Å². The van der Waals surface area contributed by atoms with Crippen LogP contribution in [0.15, 0.2) is 60.7 Å². The highest BCUT2D eigenvalue weighted by molar-refractivity contribution is 6.36. The van der Waals surface area contributed by atoms with Gasteiger partial charge in [-0.1, -0.05) is 23.2 Å². The van der Waals surface area contributed by atoms with Gasteiger partial charge in [0.25, 0.3) is 0 Å². The number of ketones is 1. The Balaban J connectivity index is 1.32. The van der Waals surface area contributed by atoms with E-state index in [1.54, 1.807) is 18.2 Å². The second kappa shape index (κ2) is 12.2. The molecular weight excluding hydrogens is 549 g/mol. The molecule has 0 N–H and O–H groups in total. The van der Waals surface area contributed by atoms with E-state index in [4.69, 9.17) is 42.1 Å². The third kappa shape index (κ3) is 6.50. The molecule has 1 aliphatic heterocycles. The van der Waals surface area contributed by atoms with Crippen molar-refractivity contribution in [2.24, 2.45) is 5.92 Å². The topological polar surface area (TPSA) is 108 Å². The molecule has 11 heteroatoms. The predicted molar refractivity (Wildman–Crippen MR) is 143 cm³/mol. The highest BCUT2D eigenvalue weighted by Crippen LogP contribution is 2.36. The van der Waals surface area contributed by atoms with Crippen molar-refractivity contribution in [1.82, 2.24) is 0 Å². The summed E-state index contributed by atoms with van der Waals surface area (Å²) < 4.78 is 21.0. The first-order valence-electron chi connectivity index (χ1n) is 11.7. The highest BCUT2D eigenvalue weighted by atomic mass is 35.5. The molecule has 0 spiro atoms. The van der Waals surface area contributed by atoms with E-state index in [1.165, 1.54) is 61.6 Å². The van der Waals surface area contributed by atoms with Crippen LogP contribution in [0.5, 0.6) is 17.2 Å². The third-order valence-corrected chi connectivity index (χ3v) is 6.57. The number of methoxy groups -OCH3 is 2. The van der Waals surface area contributed by atoms with Gasteiger partial charge in [0.15, 0.2) is 12.4 Å². The number of carbonyl (C=O) groups excluding carboxylic acids is 4. The summed E-state index contributed by atoms with van der Waals surface area (Å²) in [5.41, 5.74) is 0.899. The minimum Gasteiger partial charge on any atom is -0.497 e. The van der Waals surface area contributed by atoms with Gasteiger partial charge in [-0.2, -0.15) is 0 Å². The number of esters is 2. The number of Topliss-reactive ketones (excluding diaryl/α,β-unsaturated/α-hetero) is 1. The maximum Gasteiger partial charge on any atom is 0.345 e. The second-order valence-corrected chi connectivity index (χ2v) is 9.36. The van der Waals surface area contributed by atoms with Gasteiger partial charge in [0.2, 0.25) is 5.91 Å². The zero-order valence-corrected chi connectivity index (χ0v) is 22.5. The lowest BCUT2D eigenvalue weighted by molar-refractivity contribution is -0.147. The van der Waals surface area contributed by atoms with Crippen LogP contribution in [-0.4, -0.2) is 51.0 Å². The van der Waals surface area contributed by atoms with Crippen molar-refractivity contribution < 1.29 is 38.1 Å². The minimum absolute atomic E-state index is 0.0556. The van der Waals surface area contributed by atoms with Crippen LogP contribution in [0.2, 0.25) is 10.0 Å². The number of benzene rings is 3. The van der Waals surface area contributed by atoms with Crippen molar-refractivity contribution in [3.8, 4) is 17.2 Å². The summed E-state index contributed by atoms with van der Waals surface area (Å²) in [6, 6.07) is 15.2. The fourth-order valence-electron chi connectivity index (χ4n) is 3.97. The summed E-state index contributed by atoms with van der Waals surface area (Å²) in [5, 5.41) is 0.533. The highest BCUT2D eigenvalue weighted by Gasteiger charge is 2.37. The van der Waals surface area contributed by atoms with E-state index in [0.29, 0.717) is 22.2 Å². The van der Waals surface area contributed by atoms with Gasteiger partial charge < -0.3 is 23.8 Å². The van der Waals surface area contributed by atoms with E-state index in [1.807, 2.05) is 0 Å². The number of carbonyl (C=O) groups is 4. The summed E-state index contributed by atoms with van der Waals surface area (Å²) >= 11 is 11.9. The van der Waals surface area contributed by atoms with E-state index >= 15 is 0 Å². The lowest BCUT2D eigenvalue weighted by Gasteiger charge is -2.20. The van der Waals surface area contributed by atoms with Crippen molar-refractivity contribution in [1.29, 1.82) is 0 Å². The zero-order chi connectivity index (χ0) is 28.1. The Morgan fingerprint density at radius 2 is 1.64 bits per heavy atom. The van der Waals surface area contributed by atoms with Gasteiger partial charge in [0.1, 0.15) is 17.2 Å². The fraction of sp³-hybridized carbons (Fsp3) is 0.214. The van der Waals surface area contributed by atoms with Crippen molar-refractivity contribution in [2.45, 2.75) is 6.42 Å². The van der Waals surface area contributed by atoms with Crippen LogP contribution >= 0.6 is 23.2 Å². The summed E-state index contributed by atoms with van der Waals surface area (Å²) in [6.45, 7) is -0.416. The molecule has 3 aromatic carbocycles. The molecule has 0 unspecified atom stereocenters. The average Bonchev–Trinajstić information content (AvgIpc) is 3.32. The van der Waals surface area contributed by atoms with Gasteiger partial charge in [0.05, 0.1) is 36.4 Å². The SMILES string of the molecule is COc1ccc(N2C[C@@H](C(=O)OCC(=O)c3ccc(OC(=O)c4ccc(Cl)cc4Cl)cc3)CC2=O)c(OC)c1. The second-order valence-electron chi connectivity index (χ2n) is 8.51. The molecule has 3 aromatic rings. The Hall–Kier alpha value is -4.08. The molecule has 0 radical (unpaired) electrons. The molecule has 1 fully saturated rings.